The standard InChI is InChI=1S/C12H24O3Si/c1-10(8-9-11(13)14-5)15-16(6,7)12(2,3)4/h8-10H,1-7H3/b9-8-. The molecule has 0 radical (unpaired) electrons. The predicted molar refractivity (Wildman–Crippen MR) is 68.9 cm³/mol. The van der Waals surface area contributed by atoms with Crippen LogP contribution in [0, 0.1) is 0 Å². The second-order valence-corrected chi connectivity index (χ2v) is 10.2. The lowest BCUT2D eigenvalue weighted by Gasteiger charge is -2.37. The molecule has 0 aliphatic carbocycles. The van der Waals surface area contributed by atoms with E-state index in [0.29, 0.717) is 0 Å². The largest absolute Gasteiger partial charge is 0.466 e. The number of carbonyl (C=O) groups is 1. The highest BCUT2D eigenvalue weighted by molar-refractivity contribution is 6.74. The Balaban J connectivity index is 4.40. The number of hydrogen-bond acceptors (Lipinski definition) is 3. The topological polar surface area (TPSA) is 35.5 Å². The summed E-state index contributed by atoms with van der Waals surface area (Å²) in [5.74, 6) is -0.342. The summed E-state index contributed by atoms with van der Waals surface area (Å²) >= 11 is 0. The van der Waals surface area contributed by atoms with Crippen molar-refractivity contribution in [3.8, 4) is 0 Å². The maximum atomic E-state index is 10.9. The normalized spacial score (nSPS) is 15.2. The first-order valence-corrected chi connectivity index (χ1v) is 8.45. The van der Waals surface area contributed by atoms with E-state index in [1.165, 1.54) is 13.2 Å². The first-order chi connectivity index (χ1) is 7.10. The maximum absolute atomic E-state index is 10.9. The van der Waals surface area contributed by atoms with Crippen LogP contribution in [0.1, 0.15) is 27.7 Å². The Hall–Kier alpha value is -0.613. The Morgan fingerprint density at radius 3 is 2.19 bits per heavy atom. The smallest absolute Gasteiger partial charge is 0.330 e. The SMILES string of the molecule is COC(=O)/C=C\C(C)O[Si](C)(C)C(C)(C)C. The van der Waals surface area contributed by atoms with Crippen LogP contribution in [0.3, 0.4) is 0 Å². The molecule has 3 nitrogen and oxygen atoms in total. The Labute approximate surface area is 100.0 Å². The summed E-state index contributed by atoms with van der Waals surface area (Å²) in [6.07, 6.45) is 3.10. The molecule has 0 spiro atoms. The summed E-state index contributed by atoms with van der Waals surface area (Å²) in [5.41, 5.74) is 0. The van der Waals surface area contributed by atoms with Crippen molar-refractivity contribution in [2.45, 2.75) is 51.9 Å². The minimum absolute atomic E-state index is 0.0556. The van der Waals surface area contributed by atoms with Crippen LogP contribution in [-0.2, 0) is 14.0 Å². The summed E-state index contributed by atoms with van der Waals surface area (Å²) in [6, 6.07) is 0. The molecular formula is C12H24O3Si. The number of hydrogen-bond donors (Lipinski definition) is 0. The van der Waals surface area contributed by atoms with Crippen molar-refractivity contribution in [2.75, 3.05) is 7.11 Å². The van der Waals surface area contributed by atoms with E-state index in [1.54, 1.807) is 6.08 Å². The van der Waals surface area contributed by atoms with Crippen LogP contribution in [0.4, 0.5) is 0 Å². The quantitative estimate of drug-likeness (QED) is 0.433. The van der Waals surface area contributed by atoms with Crippen LogP contribution >= 0.6 is 0 Å². The van der Waals surface area contributed by atoms with Gasteiger partial charge in [0, 0.05) is 6.08 Å². The molecule has 16 heavy (non-hydrogen) atoms. The number of methoxy groups -OCH3 is 1. The van der Waals surface area contributed by atoms with Crippen molar-refractivity contribution in [1.29, 1.82) is 0 Å². The molecule has 4 heteroatoms. The molecule has 94 valence electrons. The summed E-state index contributed by atoms with van der Waals surface area (Å²) in [4.78, 5) is 10.9. The van der Waals surface area contributed by atoms with Crippen LogP contribution < -0.4 is 0 Å². The van der Waals surface area contributed by atoms with Gasteiger partial charge in [0.1, 0.15) is 0 Å². The van der Waals surface area contributed by atoms with Gasteiger partial charge in [0.2, 0.25) is 0 Å². The van der Waals surface area contributed by atoms with E-state index in [0.717, 1.165) is 0 Å². The lowest BCUT2D eigenvalue weighted by Crippen LogP contribution is -2.42. The Morgan fingerprint density at radius 2 is 1.81 bits per heavy atom. The third-order valence-electron chi connectivity index (χ3n) is 2.99. The average molecular weight is 244 g/mol. The van der Waals surface area contributed by atoms with Crippen molar-refractivity contribution in [1.82, 2.24) is 0 Å². The summed E-state index contributed by atoms with van der Waals surface area (Å²) < 4.78 is 10.6. The van der Waals surface area contributed by atoms with Gasteiger partial charge in [0.05, 0.1) is 13.2 Å². The van der Waals surface area contributed by atoms with E-state index >= 15 is 0 Å². The van der Waals surface area contributed by atoms with E-state index in [1.807, 2.05) is 6.92 Å². The zero-order valence-corrected chi connectivity index (χ0v) is 12.5. The first kappa shape index (κ1) is 15.4. The first-order valence-electron chi connectivity index (χ1n) is 5.54. The van der Waals surface area contributed by atoms with Gasteiger partial charge in [-0.1, -0.05) is 26.8 Å². The lowest BCUT2D eigenvalue weighted by atomic mass is 10.2. The molecule has 0 aromatic heterocycles. The number of rotatable bonds is 4. The molecule has 0 bridgehead atoms. The van der Waals surface area contributed by atoms with E-state index in [-0.39, 0.29) is 17.1 Å². The molecule has 1 unspecified atom stereocenters. The van der Waals surface area contributed by atoms with E-state index in [9.17, 15) is 4.79 Å². The molecule has 0 rings (SSSR count). The Morgan fingerprint density at radius 1 is 1.31 bits per heavy atom. The zero-order chi connectivity index (χ0) is 13.0. The van der Waals surface area contributed by atoms with Crippen molar-refractivity contribution in [3.05, 3.63) is 12.2 Å². The Bertz CT molecular complexity index is 264. The fourth-order valence-corrected chi connectivity index (χ4v) is 2.32. The van der Waals surface area contributed by atoms with Crippen LogP contribution in [0.2, 0.25) is 18.1 Å². The average Bonchev–Trinajstić information content (AvgIpc) is 2.11. The summed E-state index contributed by atoms with van der Waals surface area (Å²) in [6.45, 7) is 12.9. The highest BCUT2D eigenvalue weighted by Gasteiger charge is 2.37. The van der Waals surface area contributed by atoms with Crippen molar-refractivity contribution in [3.63, 3.8) is 0 Å². The number of carbonyl (C=O) groups excluding carboxylic acids is 1. The van der Waals surface area contributed by atoms with E-state index < -0.39 is 8.32 Å². The molecule has 0 aromatic rings. The molecule has 0 aliphatic heterocycles. The van der Waals surface area contributed by atoms with Gasteiger partial charge in [-0.25, -0.2) is 4.79 Å². The van der Waals surface area contributed by atoms with Gasteiger partial charge in [-0.3, -0.25) is 0 Å². The van der Waals surface area contributed by atoms with Gasteiger partial charge in [0.25, 0.3) is 0 Å². The van der Waals surface area contributed by atoms with Crippen molar-refractivity contribution in [2.24, 2.45) is 0 Å². The summed E-state index contributed by atoms with van der Waals surface area (Å²) in [5, 5.41) is 0.181. The van der Waals surface area contributed by atoms with Gasteiger partial charge >= 0.3 is 5.97 Å². The molecule has 0 amide bonds. The van der Waals surface area contributed by atoms with Gasteiger partial charge < -0.3 is 9.16 Å². The molecule has 0 heterocycles. The molecule has 0 saturated carbocycles. The summed E-state index contributed by atoms with van der Waals surface area (Å²) in [7, 11) is -0.386. The van der Waals surface area contributed by atoms with Crippen LogP contribution in [0.25, 0.3) is 0 Å². The monoisotopic (exact) mass is 244 g/mol. The molecule has 0 aliphatic rings. The Kier molecular flexibility index (Phi) is 5.42. The fourth-order valence-electron chi connectivity index (χ4n) is 0.963. The minimum atomic E-state index is -1.75. The van der Waals surface area contributed by atoms with Crippen LogP contribution in [0.5, 0.6) is 0 Å². The highest BCUT2D eigenvalue weighted by atomic mass is 28.4. The predicted octanol–water partition coefficient (Wildman–Crippen LogP) is 3.13. The van der Waals surface area contributed by atoms with Gasteiger partial charge in [-0.2, -0.15) is 0 Å². The molecule has 0 N–H and O–H groups in total. The van der Waals surface area contributed by atoms with E-state index in [4.69, 9.17) is 4.43 Å². The maximum Gasteiger partial charge on any atom is 0.330 e. The van der Waals surface area contributed by atoms with E-state index in [2.05, 4.69) is 38.6 Å². The van der Waals surface area contributed by atoms with Crippen molar-refractivity contribution < 1.29 is 14.0 Å². The van der Waals surface area contributed by atoms with Crippen LogP contribution in [-0.4, -0.2) is 27.5 Å². The van der Waals surface area contributed by atoms with Gasteiger partial charge in [-0.05, 0) is 25.1 Å². The van der Waals surface area contributed by atoms with Gasteiger partial charge in [0.15, 0.2) is 8.32 Å². The van der Waals surface area contributed by atoms with Crippen LogP contribution in [0.15, 0.2) is 12.2 Å². The molecule has 0 aromatic carbocycles. The fraction of sp³-hybridized carbons (Fsp3) is 0.750. The third kappa shape index (κ3) is 4.94. The second-order valence-electron chi connectivity index (χ2n) is 5.47. The number of esters is 1. The molecular weight excluding hydrogens is 220 g/mol. The number of ether oxygens (including phenoxy) is 1. The minimum Gasteiger partial charge on any atom is -0.466 e. The highest BCUT2D eigenvalue weighted by Crippen LogP contribution is 2.37. The lowest BCUT2D eigenvalue weighted by molar-refractivity contribution is -0.134. The molecule has 1 atom stereocenters. The second kappa shape index (κ2) is 5.64. The zero-order valence-electron chi connectivity index (χ0n) is 11.5. The molecule has 0 fully saturated rings. The van der Waals surface area contributed by atoms with Crippen molar-refractivity contribution >= 4 is 14.3 Å². The molecule has 0 saturated heterocycles. The third-order valence-corrected chi connectivity index (χ3v) is 7.56. The van der Waals surface area contributed by atoms with Gasteiger partial charge in [-0.15, -0.1) is 0 Å².